The van der Waals surface area contributed by atoms with Gasteiger partial charge in [0.2, 0.25) is 0 Å². The Bertz CT molecular complexity index is 650. The number of rotatable bonds is 4. The van der Waals surface area contributed by atoms with Crippen LogP contribution in [-0.2, 0) is 0 Å². The molecule has 2 rings (SSSR count). The predicted molar refractivity (Wildman–Crippen MR) is 81.6 cm³/mol. The molecule has 0 saturated heterocycles. The molecule has 0 amide bonds. The van der Waals surface area contributed by atoms with Crippen molar-refractivity contribution < 1.29 is 5.48 Å². The van der Waals surface area contributed by atoms with Crippen molar-refractivity contribution in [1.82, 2.24) is 0 Å². The number of hydrogen-bond acceptors (Lipinski definition) is 2. The van der Waals surface area contributed by atoms with E-state index in [-0.39, 0.29) is 5.48 Å². The van der Waals surface area contributed by atoms with E-state index in [0.717, 1.165) is 0 Å². The molecule has 0 spiro atoms. The number of azide groups is 2. The monoisotopic (exact) mass is 280 g/mol. The van der Waals surface area contributed by atoms with Gasteiger partial charge in [0, 0.05) is 9.82 Å². The van der Waals surface area contributed by atoms with Gasteiger partial charge in [-0.3, -0.25) is 0 Å². The van der Waals surface area contributed by atoms with Gasteiger partial charge < -0.3 is 5.48 Å². The zero-order chi connectivity index (χ0) is 14.2. The second kappa shape index (κ2) is 8.04. The molecule has 2 aromatic carbocycles. The average Bonchev–Trinajstić information content (AvgIpc) is 2.52. The molecule has 104 valence electrons. The predicted octanol–water partition coefficient (Wildman–Crippen LogP) is 4.31. The SMILES string of the molecule is O.[N-]=[N+]=NC(=C(N=[N+]=[N-])c1ccccc1)c1ccccc1. The second-order valence-electron chi connectivity index (χ2n) is 3.81. The minimum absolute atomic E-state index is 0. The molecule has 0 heterocycles. The third-order valence-electron chi connectivity index (χ3n) is 2.61. The van der Waals surface area contributed by atoms with E-state index >= 15 is 0 Å². The van der Waals surface area contributed by atoms with Crippen molar-refractivity contribution in [3.8, 4) is 0 Å². The lowest BCUT2D eigenvalue weighted by atomic mass is 10.1. The zero-order valence-corrected chi connectivity index (χ0v) is 11.0. The van der Waals surface area contributed by atoms with Crippen molar-refractivity contribution >= 4 is 11.4 Å². The zero-order valence-electron chi connectivity index (χ0n) is 11.0. The molecule has 2 aromatic rings. The summed E-state index contributed by atoms with van der Waals surface area (Å²) in [6, 6.07) is 18.2. The van der Waals surface area contributed by atoms with E-state index in [9.17, 15) is 0 Å². The van der Waals surface area contributed by atoms with Crippen molar-refractivity contribution in [2.45, 2.75) is 0 Å². The van der Waals surface area contributed by atoms with Gasteiger partial charge in [0.1, 0.15) is 0 Å². The molecule has 0 aromatic heterocycles. The summed E-state index contributed by atoms with van der Waals surface area (Å²) in [5, 5.41) is 7.37. The first-order valence-corrected chi connectivity index (χ1v) is 5.82. The number of benzene rings is 2. The Morgan fingerprint density at radius 2 is 1.00 bits per heavy atom. The van der Waals surface area contributed by atoms with E-state index in [1.165, 1.54) is 0 Å². The van der Waals surface area contributed by atoms with Crippen molar-refractivity contribution in [3.05, 3.63) is 92.7 Å². The summed E-state index contributed by atoms with van der Waals surface area (Å²) >= 11 is 0. The minimum atomic E-state index is 0. The lowest BCUT2D eigenvalue weighted by Crippen LogP contribution is -1.87. The van der Waals surface area contributed by atoms with Crippen LogP contribution in [0.5, 0.6) is 0 Å². The van der Waals surface area contributed by atoms with Crippen molar-refractivity contribution in [2.75, 3.05) is 0 Å². The highest BCUT2D eigenvalue weighted by atomic mass is 16.0. The molecule has 7 nitrogen and oxygen atoms in total. The number of nitrogens with zero attached hydrogens (tertiary/aromatic N) is 6. The van der Waals surface area contributed by atoms with Crippen LogP contribution in [0.25, 0.3) is 32.3 Å². The van der Waals surface area contributed by atoms with E-state index < -0.39 is 0 Å². The summed E-state index contributed by atoms with van der Waals surface area (Å²) in [5.74, 6) is 0. The van der Waals surface area contributed by atoms with Crippen LogP contribution in [-0.4, -0.2) is 5.48 Å². The molecule has 0 unspecified atom stereocenters. The molecule has 0 bridgehead atoms. The van der Waals surface area contributed by atoms with Gasteiger partial charge in [-0.2, -0.15) is 0 Å². The van der Waals surface area contributed by atoms with Crippen LogP contribution < -0.4 is 0 Å². The molecular weight excluding hydrogens is 268 g/mol. The molecule has 21 heavy (non-hydrogen) atoms. The van der Waals surface area contributed by atoms with Gasteiger partial charge in [0.15, 0.2) is 0 Å². The van der Waals surface area contributed by atoms with Gasteiger partial charge in [0.05, 0.1) is 11.4 Å². The van der Waals surface area contributed by atoms with E-state index in [2.05, 4.69) is 20.1 Å². The molecule has 0 aliphatic carbocycles. The molecule has 0 saturated carbocycles. The van der Waals surface area contributed by atoms with Crippen LogP contribution in [0, 0.1) is 0 Å². The van der Waals surface area contributed by atoms with Gasteiger partial charge in [-0.1, -0.05) is 70.9 Å². The lowest BCUT2D eigenvalue weighted by Gasteiger charge is -2.07. The molecule has 0 radical (unpaired) electrons. The van der Waals surface area contributed by atoms with Crippen LogP contribution >= 0.6 is 0 Å². The van der Waals surface area contributed by atoms with Gasteiger partial charge in [-0.05, 0) is 22.2 Å². The quantitative estimate of drug-likeness (QED) is 0.342. The van der Waals surface area contributed by atoms with Crippen LogP contribution in [0.4, 0.5) is 0 Å². The highest BCUT2D eigenvalue weighted by Crippen LogP contribution is 2.28. The highest BCUT2D eigenvalue weighted by Gasteiger charge is 2.08. The summed E-state index contributed by atoms with van der Waals surface area (Å²) in [4.78, 5) is 5.65. The summed E-state index contributed by atoms with van der Waals surface area (Å²) in [5.41, 5.74) is 19.5. The Balaban J connectivity index is 0.00000220. The van der Waals surface area contributed by atoms with Gasteiger partial charge in [0.25, 0.3) is 0 Å². The van der Waals surface area contributed by atoms with Gasteiger partial charge in [-0.15, -0.1) is 0 Å². The molecule has 0 aliphatic heterocycles. The molecule has 7 heteroatoms. The van der Waals surface area contributed by atoms with Gasteiger partial charge in [-0.25, -0.2) is 0 Å². The third-order valence-corrected chi connectivity index (χ3v) is 2.61. The van der Waals surface area contributed by atoms with E-state index in [1.54, 1.807) is 24.3 Å². The fraction of sp³-hybridized carbons (Fsp3) is 0. The Hall–Kier alpha value is -3.24. The summed E-state index contributed by atoms with van der Waals surface area (Å²) in [6.07, 6.45) is 0. The summed E-state index contributed by atoms with van der Waals surface area (Å²) in [6.45, 7) is 0. The maximum absolute atomic E-state index is 8.75. The molecular formula is C14H12N6O. The van der Waals surface area contributed by atoms with E-state index in [4.69, 9.17) is 11.1 Å². The smallest absolute Gasteiger partial charge is 0.0549 e. The Morgan fingerprint density at radius 3 is 1.29 bits per heavy atom. The Labute approximate surface area is 120 Å². The average molecular weight is 280 g/mol. The first-order valence-electron chi connectivity index (χ1n) is 5.82. The topological polar surface area (TPSA) is 129 Å². The van der Waals surface area contributed by atoms with Crippen molar-refractivity contribution in [3.63, 3.8) is 0 Å². The Kier molecular flexibility index (Phi) is 6.05. The first kappa shape index (κ1) is 15.8. The van der Waals surface area contributed by atoms with Crippen LogP contribution in [0.15, 0.2) is 70.9 Å². The lowest BCUT2D eigenvalue weighted by molar-refractivity contribution is 0.824. The van der Waals surface area contributed by atoms with Crippen molar-refractivity contribution in [1.29, 1.82) is 0 Å². The minimum Gasteiger partial charge on any atom is -0.412 e. The molecule has 2 N–H and O–H groups in total. The van der Waals surface area contributed by atoms with Gasteiger partial charge >= 0.3 is 0 Å². The molecule has 0 aliphatic rings. The van der Waals surface area contributed by atoms with Crippen molar-refractivity contribution in [2.24, 2.45) is 10.2 Å². The first-order chi connectivity index (χ1) is 9.86. The Morgan fingerprint density at radius 1 is 0.667 bits per heavy atom. The highest BCUT2D eigenvalue weighted by molar-refractivity contribution is 5.89. The third kappa shape index (κ3) is 3.86. The van der Waals surface area contributed by atoms with Crippen LogP contribution in [0.3, 0.4) is 0 Å². The van der Waals surface area contributed by atoms with E-state index in [1.807, 2.05) is 36.4 Å². The fourth-order valence-corrected chi connectivity index (χ4v) is 1.77. The second-order valence-corrected chi connectivity index (χ2v) is 3.81. The van der Waals surface area contributed by atoms with Crippen LogP contribution in [0.1, 0.15) is 11.1 Å². The molecule has 0 atom stereocenters. The number of hydrogen-bond donors (Lipinski definition) is 0. The standard InChI is InChI=1S/C14H10N6.H2O/c15-19-17-13(11-7-3-1-4-8-11)14(18-20-16)12-9-5-2-6-10-12;/h1-10H;1H2. The maximum atomic E-state index is 8.75. The maximum Gasteiger partial charge on any atom is 0.0549 e. The van der Waals surface area contributed by atoms with Crippen LogP contribution in [0.2, 0.25) is 0 Å². The summed E-state index contributed by atoms with van der Waals surface area (Å²) in [7, 11) is 0. The summed E-state index contributed by atoms with van der Waals surface area (Å²) < 4.78 is 0. The fourth-order valence-electron chi connectivity index (χ4n) is 1.77. The van der Waals surface area contributed by atoms with E-state index in [0.29, 0.717) is 22.5 Å². The molecule has 0 fully saturated rings. The normalized spacial score (nSPS) is 10.3. The largest absolute Gasteiger partial charge is 0.412 e.